The van der Waals surface area contributed by atoms with E-state index in [0.29, 0.717) is 6.42 Å². The molecule has 0 fully saturated rings. The number of hydrazone groups is 1. The van der Waals surface area contributed by atoms with Crippen LogP contribution in [0.15, 0.2) is 96.1 Å². The summed E-state index contributed by atoms with van der Waals surface area (Å²) in [5.74, 6) is 0.197. The number of carbonyl (C=O) groups is 1. The molecule has 0 aliphatic rings. The third-order valence-corrected chi connectivity index (χ3v) is 6.54. The average Bonchev–Trinajstić information content (AvgIpc) is 2.79. The van der Waals surface area contributed by atoms with Crippen molar-refractivity contribution in [2.45, 2.75) is 38.9 Å². The molecule has 0 aliphatic carbocycles. The maximum absolute atomic E-state index is 12.5. The standard InChI is InChI=1S/C26H30N2OSi/c1-30(2)28(21-22-13-6-3-7-14-22)27-25(23-15-8-4-9-16-23)19-12-20-26(29)24-17-10-5-11-18-24/h3-11,13-18,30H,12,19-21H2,1-2H3. The van der Waals surface area contributed by atoms with Crippen molar-refractivity contribution in [2.75, 3.05) is 0 Å². The Morgan fingerprint density at radius 3 is 1.87 bits per heavy atom. The van der Waals surface area contributed by atoms with Gasteiger partial charge in [-0.15, -0.1) is 0 Å². The van der Waals surface area contributed by atoms with Gasteiger partial charge in [-0.3, -0.25) is 4.79 Å². The molecule has 3 aromatic carbocycles. The zero-order valence-electron chi connectivity index (χ0n) is 17.9. The molecule has 0 bridgehead atoms. The van der Waals surface area contributed by atoms with Gasteiger partial charge >= 0.3 is 0 Å². The van der Waals surface area contributed by atoms with E-state index >= 15 is 0 Å². The summed E-state index contributed by atoms with van der Waals surface area (Å²) in [6.45, 7) is 5.42. The Bertz CT molecular complexity index is 941. The zero-order chi connectivity index (χ0) is 21.2. The van der Waals surface area contributed by atoms with Crippen LogP contribution in [0.3, 0.4) is 0 Å². The third-order valence-electron chi connectivity index (χ3n) is 5.05. The van der Waals surface area contributed by atoms with E-state index in [9.17, 15) is 4.79 Å². The molecular formula is C26H30N2OSi. The minimum absolute atomic E-state index is 0.197. The Morgan fingerprint density at radius 2 is 1.30 bits per heavy atom. The average molecular weight is 415 g/mol. The van der Waals surface area contributed by atoms with Gasteiger partial charge in [-0.1, -0.05) is 104 Å². The van der Waals surface area contributed by atoms with Gasteiger partial charge < -0.3 is 4.67 Å². The van der Waals surface area contributed by atoms with Crippen LogP contribution in [0.5, 0.6) is 0 Å². The lowest BCUT2D eigenvalue weighted by atomic mass is 10.0. The molecule has 0 aromatic heterocycles. The maximum Gasteiger partial charge on any atom is 0.162 e. The van der Waals surface area contributed by atoms with E-state index in [0.717, 1.165) is 36.2 Å². The molecule has 3 aromatic rings. The van der Waals surface area contributed by atoms with Crippen LogP contribution in [0.4, 0.5) is 0 Å². The molecule has 0 saturated heterocycles. The van der Waals surface area contributed by atoms with Crippen molar-refractivity contribution in [1.29, 1.82) is 0 Å². The van der Waals surface area contributed by atoms with E-state index in [1.54, 1.807) is 0 Å². The van der Waals surface area contributed by atoms with E-state index in [-0.39, 0.29) is 5.78 Å². The minimum atomic E-state index is -1.16. The number of Topliss-reactive ketones (excluding diaryl/α,β-unsaturated/α-hetero) is 1. The molecule has 0 amide bonds. The first-order valence-electron chi connectivity index (χ1n) is 10.6. The van der Waals surface area contributed by atoms with Crippen molar-refractivity contribution in [1.82, 2.24) is 4.67 Å². The number of hydrogen-bond acceptors (Lipinski definition) is 3. The van der Waals surface area contributed by atoms with Gasteiger partial charge in [0.25, 0.3) is 0 Å². The van der Waals surface area contributed by atoms with Crippen LogP contribution < -0.4 is 0 Å². The second kappa shape index (κ2) is 11.3. The number of nitrogens with zero attached hydrogens (tertiary/aromatic N) is 2. The first-order valence-corrected chi connectivity index (χ1v) is 13.5. The molecule has 0 aliphatic heterocycles. The summed E-state index contributed by atoms with van der Waals surface area (Å²) in [6, 6.07) is 30.4. The molecule has 0 unspecified atom stereocenters. The second-order valence-electron chi connectivity index (χ2n) is 7.73. The van der Waals surface area contributed by atoms with Crippen molar-refractivity contribution in [3.63, 3.8) is 0 Å². The van der Waals surface area contributed by atoms with Crippen molar-refractivity contribution in [3.8, 4) is 0 Å². The summed E-state index contributed by atoms with van der Waals surface area (Å²) in [6.07, 6.45) is 2.11. The number of ketones is 1. The zero-order valence-corrected chi connectivity index (χ0v) is 19.0. The number of hydrogen-bond donors (Lipinski definition) is 0. The van der Waals surface area contributed by atoms with Crippen LogP contribution in [0, 0.1) is 0 Å². The fraction of sp³-hybridized carbons (Fsp3) is 0.231. The van der Waals surface area contributed by atoms with Crippen LogP contribution in [0.25, 0.3) is 0 Å². The maximum atomic E-state index is 12.5. The number of carbonyl (C=O) groups excluding carboxylic acids is 1. The van der Waals surface area contributed by atoms with E-state index in [1.807, 2.05) is 54.6 Å². The van der Waals surface area contributed by atoms with E-state index < -0.39 is 8.96 Å². The summed E-state index contributed by atoms with van der Waals surface area (Å²) in [4.78, 5) is 12.5. The number of rotatable bonds is 10. The normalized spacial score (nSPS) is 11.5. The minimum Gasteiger partial charge on any atom is -0.324 e. The molecule has 3 nitrogen and oxygen atoms in total. The molecule has 30 heavy (non-hydrogen) atoms. The van der Waals surface area contributed by atoms with Crippen LogP contribution in [-0.2, 0) is 6.54 Å². The molecule has 0 spiro atoms. The molecule has 0 radical (unpaired) electrons. The van der Waals surface area contributed by atoms with Gasteiger partial charge in [-0.05, 0) is 24.0 Å². The lowest BCUT2D eigenvalue weighted by Crippen LogP contribution is -2.30. The van der Waals surface area contributed by atoms with Crippen molar-refractivity contribution >= 4 is 20.5 Å². The third kappa shape index (κ3) is 6.53. The second-order valence-corrected chi connectivity index (χ2v) is 10.5. The molecular weight excluding hydrogens is 384 g/mol. The number of benzene rings is 3. The smallest absolute Gasteiger partial charge is 0.162 e. The fourth-order valence-electron chi connectivity index (χ4n) is 3.33. The predicted octanol–water partition coefficient (Wildman–Crippen LogP) is 5.93. The molecule has 3 rings (SSSR count). The predicted molar refractivity (Wildman–Crippen MR) is 128 cm³/mol. The highest BCUT2D eigenvalue weighted by atomic mass is 28.3. The van der Waals surface area contributed by atoms with Gasteiger partial charge in [0.15, 0.2) is 14.7 Å². The summed E-state index contributed by atoms with van der Waals surface area (Å²) >= 11 is 0. The van der Waals surface area contributed by atoms with Gasteiger partial charge in [0, 0.05) is 12.0 Å². The highest BCUT2D eigenvalue weighted by molar-refractivity contribution is 6.52. The molecule has 0 saturated carbocycles. The largest absolute Gasteiger partial charge is 0.324 e. The first kappa shape index (κ1) is 21.7. The SMILES string of the molecule is C[SiH](C)N(Cc1ccccc1)N=C(CCCC(=O)c1ccccc1)c1ccccc1. The fourth-order valence-corrected chi connectivity index (χ4v) is 4.27. The molecule has 0 atom stereocenters. The molecule has 0 N–H and O–H groups in total. The van der Waals surface area contributed by atoms with E-state index in [2.05, 4.69) is 54.2 Å². The van der Waals surface area contributed by atoms with Crippen molar-refractivity contribution < 1.29 is 4.79 Å². The summed E-state index contributed by atoms with van der Waals surface area (Å²) < 4.78 is 2.27. The lowest BCUT2D eigenvalue weighted by molar-refractivity contribution is 0.0981. The highest BCUT2D eigenvalue weighted by Gasteiger charge is 2.13. The Labute approximate surface area is 181 Å². The van der Waals surface area contributed by atoms with E-state index in [4.69, 9.17) is 5.10 Å². The monoisotopic (exact) mass is 414 g/mol. The van der Waals surface area contributed by atoms with Crippen LogP contribution in [-0.4, -0.2) is 25.1 Å². The Kier molecular flexibility index (Phi) is 8.16. The summed E-state index contributed by atoms with van der Waals surface area (Å²) in [7, 11) is -1.16. The van der Waals surface area contributed by atoms with Crippen LogP contribution in [0.2, 0.25) is 13.1 Å². The summed E-state index contributed by atoms with van der Waals surface area (Å²) in [5.41, 5.74) is 4.26. The molecule has 4 heteroatoms. The quantitative estimate of drug-likeness (QED) is 0.178. The topological polar surface area (TPSA) is 32.7 Å². The van der Waals surface area contributed by atoms with Gasteiger partial charge in [0.1, 0.15) is 0 Å². The highest BCUT2D eigenvalue weighted by Crippen LogP contribution is 2.15. The van der Waals surface area contributed by atoms with Crippen molar-refractivity contribution in [3.05, 3.63) is 108 Å². The Balaban J connectivity index is 1.75. The molecule has 0 heterocycles. The van der Waals surface area contributed by atoms with Crippen LogP contribution >= 0.6 is 0 Å². The Hall–Kier alpha value is -2.98. The van der Waals surface area contributed by atoms with Crippen LogP contribution in [0.1, 0.15) is 40.7 Å². The van der Waals surface area contributed by atoms with Gasteiger partial charge in [-0.2, -0.15) is 5.10 Å². The van der Waals surface area contributed by atoms with Gasteiger partial charge in [-0.25, -0.2) is 0 Å². The first-order chi connectivity index (χ1) is 14.6. The Morgan fingerprint density at radius 1 is 0.767 bits per heavy atom. The van der Waals surface area contributed by atoms with Gasteiger partial charge in [0.05, 0.1) is 12.3 Å². The van der Waals surface area contributed by atoms with E-state index in [1.165, 1.54) is 5.56 Å². The van der Waals surface area contributed by atoms with Crippen molar-refractivity contribution in [2.24, 2.45) is 5.10 Å². The lowest BCUT2D eigenvalue weighted by Gasteiger charge is -2.25. The van der Waals surface area contributed by atoms with Gasteiger partial charge in [0.2, 0.25) is 0 Å². The molecule has 154 valence electrons. The summed E-state index contributed by atoms with van der Waals surface area (Å²) in [5, 5.41) is 5.11.